The van der Waals surface area contributed by atoms with Gasteiger partial charge in [-0.2, -0.15) is 26.3 Å². The Labute approximate surface area is 298 Å². The summed E-state index contributed by atoms with van der Waals surface area (Å²) in [7, 11) is 2.37. The third kappa shape index (κ3) is 10.4. The number of nitrogens with one attached hydrogen (secondary N) is 4. The lowest BCUT2D eigenvalue weighted by molar-refractivity contribution is -0.150. The molecule has 19 heteroatoms. The maximum Gasteiger partial charge on any atom is 0.417 e. The highest BCUT2D eigenvalue weighted by Crippen LogP contribution is 2.35. The Balaban J connectivity index is 1.80. The minimum Gasteiger partial charge on any atom is -0.381 e. The second-order valence-corrected chi connectivity index (χ2v) is 12.5. The van der Waals surface area contributed by atoms with Crippen LogP contribution in [0.3, 0.4) is 0 Å². The van der Waals surface area contributed by atoms with Gasteiger partial charge in [-0.05, 0) is 73.9 Å². The van der Waals surface area contributed by atoms with Crippen LogP contribution in [0, 0.1) is 23.5 Å². The van der Waals surface area contributed by atoms with Crippen LogP contribution in [0.4, 0.5) is 35.1 Å². The van der Waals surface area contributed by atoms with E-state index in [4.69, 9.17) is 14.2 Å². The van der Waals surface area contributed by atoms with E-state index in [2.05, 4.69) is 21.3 Å². The van der Waals surface area contributed by atoms with Gasteiger partial charge in [-0.25, -0.2) is 8.78 Å². The van der Waals surface area contributed by atoms with Crippen molar-refractivity contribution in [2.75, 3.05) is 40.5 Å². The van der Waals surface area contributed by atoms with Crippen molar-refractivity contribution in [2.45, 2.75) is 62.3 Å². The number of hydrogen-bond donors (Lipinski definition) is 4. The summed E-state index contributed by atoms with van der Waals surface area (Å²) >= 11 is 0. The van der Waals surface area contributed by atoms with E-state index >= 15 is 0 Å². The molecule has 292 valence electrons. The van der Waals surface area contributed by atoms with Crippen LogP contribution in [-0.4, -0.2) is 88.4 Å². The molecule has 2 aromatic carbocycles. The Morgan fingerprint density at radius 3 is 1.28 bits per heavy atom. The molecular formula is C34H38F8N4O7. The SMILES string of the molecule is CNC(=O)C(NC(=O)c1ccc(F)cc1C(F)(F)F)C(OC(C1CCOCC1)C(NC(=O)c1ccc(F)cc1C(F)(F)F)C(=O)NC)C1CCOCC1. The standard InChI is InChI=1S/C34H38F8N4O7/c1-43-31(49)25(45-29(47)21-5-3-19(35)15-23(21)33(37,38)39)27(17-7-11-51-12-8-17)53-28(18-9-13-52-14-10-18)26(32(50)44-2)46-30(48)22-6-4-20(36)16-24(22)34(40,41)42/h3-6,15-18,25-28H,7-14H2,1-2H3,(H,43,49)(H,44,50)(H,45,47)(H,46,48). The normalized spacial score (nSPS) is 18.3. The van der Waals surface area contributed by atoms with Gasteiger partial charge in [-0.3, -0.25) is 19.2 Å². The highest BCUT2D eigenvalue weighted by Gasteiger charge is 2.46. The zero-order valence-corrected chi connectivity index (χ0v) is 28.5. The van der Waals surface area contributed by atoms with E-state index in [1.165, 1.54) is 14.1 Å². The van der Waals surface area contributed by atoms with Gasteiger partial charge < -0.3 is 35.5 Å². The molecule has 0 radical (unpaired) electrons. The summed E-state index contributed by atoms with van der Waals surface area (Å²) in [6.45, 7) is 0.545. The second kappa shape index (κ2) is 17.6. The lowest BCUT2D eigenvalue weighted by atomic mass is 9.85. The number of alkyl halides is 6. The highest BCUT2D eigenvalue weighted by molar-refractivity contribution is 6.00. The maximum absolute atomic E-state index is 13.9. The predicted octanol–water partition coefficient (Wildman–Crippen LogP) is 4.00. The number of halogens is 8. The topological polar surface area (TPSA) is 144 Å². The molecule has 11 nitrogen and oxygen atoms in total. The lowest BCUT2D eigenvalue weighted by Crippen LogP contribution is -2.62. The van der Waals surface area contributed by atoms with Gasteiger partial charge in [0.1, 0.15) is 23.7 Å². The number of hydrogen-bond acceptors (Lipinski definition) is 7. The fraction of sp³-hybridized carbons (Fsp3) is 0.529. The first-order valence-electron chi connectivity index (χ1n) is 16.6. The molecule has 2 fully saturated rings. The monoisotopic (exact) mass is 766 g/mol. The largest absolute Gasteiger partial charge is 0.417 e. The third-order valence-corrected chi connectivity index (χ3v) is 9.13. The summed E-state index contributed by atoms with van der Waals surface area (Å²) in [6.07, 6.45) is -12.4. The van der Waals surface area contributed by atoms with Crippen molar-refractivity contribution < 1.29 is 68.5 Å². The Morgan fingerprint density at radius 1 is 0.642 bits per heavy atom. The molecule has 2 heterocycles. The van der Waals surface area contributed by atoms with Crippen molar-refractivity contribution in [3.63, 3.8) is 0 Å². The molecule has 2 aromatic rings. The average molecular weight is 767 g/mol. The first-order valence-corrected chi connectivity index (χ1v) is 16.6. The predicted molar refractivity (Wildman–Crippen MR) is 169 cm³/mol. The Bertz CT molecular complexity index is 1510. The molecule has 0 spiro atoms. The Kier molecular flexibility index (Phi) is 13.8. The van der Waals surface area contributed by atoms with Crippen LogP contribution < -0.4 is 21.3 Å². The highest BCUT2D eigenvalue weighted by atomic mass is 19.4. The number of amides is 4. The smallest absolute Gasteiger partial charge is 0.381 e. The molecule has 4 amide bonds. The van der Waals surface area contributed by atoms with E-state index in [0.29, 0.717) is 24.3 Å². The van der Waals surface area contributed by atoms with Gasteiger partial charge in [-0.15, -0.1) is 0 Å². The Hall–Kier alpha value is -4.36. The zero-order valence-electron chi connectivity index (χ0n) is 28.5. The van der Waals surface area contributed by atoms with Gasteiger partial charge in [0.15, 0.2) is 0 Å². The van der Waals surface area contributed by atoms with Crippen molar-refractivity contribution in [3.8, 4) is 0 Å². The fourth-order valence-electron chi connectivity index (χ4n) is 6.43. The van der Waals surface area contributed by atoms with Gasteiger partial charge in [-0.1, -0.05) is 0 Å². The van der Waals surface area contributed by atoms with Crippen LogP contribution in [-0.2, 0) is 36.2 Å². The molecule has 4 N–H and O–H groups in total. The van der Waals surface area contributed by atoms with E-state index in [-0.39, 0.29) is 64.2 Å². The van der Waals surface area contributed by atoms with Gasteiger partial charge in [0, 0.05) is 40.5 Å². The maximum atomic E-state index is 13.9. The quantitative estimate of drug-likeness (QED) is 0.239. The van der Waals surface area contributed by atoms with Crippen molar-refractivity contribution in [1.82, 2.24) is 21.3 Å². The van der Waals surface area contributed by atoms with Crippen molar-refractivity contribution in [2.24, 2.45) is 11.8 Å². The molecule has 2 aliphatic heterocycles. The van der Waals surface area contributed by atoms with E-state index < -0.39 is 106 Å². The number of carbonyl (C=O) groups excluding carboxylic acids is 4. The minimum absolute atomic E-state index is 0.124. The summed E-state index contributed by atoms with van der Waals surface area (Å²) in [5, 5.41) is 9.25. The molecule has 4 atom stereocenters. The zero-order chi connectivity index (χ0) is 39.1. The molecule has 0 aliphatic carbocycles. The first-order chi connectivity index (χ1) is 25.0. The summed E-state index contributed by atoms with van der Waals surface area (Å²) in [5.74, 6) is -8.58. The average Bonchev–Trinajstić information content (AvgIpc) is 3.13. The molecule has 4 unspecified atom stereocenters. The molecule has 0 aromatic heterocycles. The number of carbonyl (C=O) groups is 4. The molecule has 2 saturated heterocycles. The van der Waals surface area contributed by atoms with Gasteiger partial charge in [0.05, 0.1) is 34.5 Å². The van der Waals surface area contributed by atoms with Crippen molar-refractivity contribution in [1.29, 1.82) is 0 Å². The second-order valence-electron chi connectivity index (χ2n) is 12.5. The molecular weight excluding hydrogens is 728 g/mol. The van der Waals surface area contributed by atoms with Gasteiger partial charge in [0.25, 0.3) is 11.8 Å². The molecule has 0 saturated carbocycles. The van der Waals surface area contributed by atoms with E-state index in [1.54, 1.807) is 0 Å². The minimum atomic E-state index is -5.17. The molecule has 53 heavy (non-hydrogen) atoms. The summed E-state index contributed by atoms with van der Waals surface area (Å²) in [5.41, 5.74) is -5.24. The summed E-state index contributed by atoms with van der Waals surface area (Å²) < 4.78 is 129. The van der Waals surface area contributed by atoms with Crippen molar-refractivity contribution >= 4 is 23.6 Å². The number of rotatable bonds is 12. The van der Waals surface area contributed by atoms with Crippen LogP contribution in [0.15, 0.2) is 36.4 Å². The van der Waals surface area contributed by atoms with Crippen molar-refractivity contribution in [3.05, 3.63) is 70.3 Å². The van der Waals surface area contributed by atoms with E-state index in [0.717, 1.165) is 0 Å². The van der Waals surface area contributed by atoms with E-state index in [9.17, 15) is 54.3 Å². The van der Waals surface area contributed by atoms with Crippen LogP contribution in [0.2, 0.25) is 0 Å². The number of benzene rings is 2. The van der Waals surface area contributed by atoms with Crippen LogP contribution >= 0.6 is 0 Å². The fourth-order valence-corrected chi connectivity index (χ4v) is 6.43. The van der Waals surface area contributed by atoms with E-state index in [1.807, 2.05) is 0 Å². The summed E-state index contributed by atoms with van der Waals surface area (Å²) in [6, 6.07) is -0.809. The lowest BCUT2D eigenvalue weighted by Gasteiger charge is -2.42. The van der Waals surface area contributed by atoms with Crippen LogP contribution in [0.1, 0.15) is 57.5 Å². The van der Waals surface area contributed by atoms with Crippen LogP contribution in [0.25, 0.3) is 0 Å². The molecule has 0 bridgehead atoms. The third-order valence-electron chi connectivity index (χ3n) is 9.13. The van der Waals surface area contributed by atoms with Crippen LogP contribution in [0.5, 0.6) is 0 Å². The Morgan fingerprint density at radius 2 is 0.981 bits per heavy atom. The van der Waals surface area contributed by atoms with Gasteiger partial charge in [0.2, 0.25) is 11.8 Å². The molecule has 4 rings (SSSR count). The number of ether oxygens (including phenoxy) is 3. The number of likely N-dealkylation sites (N-methyl/N-ethyl adjacent to an activating group) is 2. The van der Waals surface area contributed by atoms with Gasteiger partial charge >= 0.3 is 12.4 Å². The first kappa shape index (κ1) is 41.4. The molecule has 2 aliphatic rings. The summed E-state index contributed by atoms with van der Waals surface area (Å²) in [4.78, 5) is 54.0.